The monoisotopic (exact) mass is 307 g/mol. The summed E-state index contributed by atoms with van der Waals surface area (Å²) in [5, 5.41) is 14.1. The van der Waals surface area contributed by atoms with Gasteiger partial charge in [0, 0.05) is 6.54 Å². The molecule has 1 saturated heterocycles. The first-order valence-electron chi connectivity index (χ1n) is 5.61. The van der Waals surface area contributed by atoms with Gasteiger partial charge in [0.1, 0.15) is 0 Å². The van der Waals surface area contributed by atoms with E-state index < -0.39 is 26.7 Å². The van der Waals surface area contributed by atoms with Crippen LogP contribution in [0.2, 0.25) is 0 Å². The molecule has 1 fully saturated rings. The third kappa shape index (κ3) is 3.18. The maximum atomic E-state index is 11.7. The normalized spacial score (nSPS) is 21.6. The fourth-order valence-electron chi connectivity index (χ4n) is 1.97. The topological polar surface area (TPSA) is 122 Å². The fraction of sp³-hybridized carbons (Fsp3) is 0.667. The van der Waals surface area contributed by atoms with Crippen molar-refractivity contribution in [3.8, 4) is 0 Å². The second kappa shape index (κ2) is 5.37. The largest absolute Gasteiger partial charge is 0.481 e. The van der Waals surface area contributed by atoms with Gasteiger partial charge in [0.15, 0.2) is 15.0 Å². The summed E-state index contributed by atoms with van der Waals surface area (Å²) in [7, 11) is -3.15. The van der Waals surface area contributed by atoms with Crippen LogP contribution in [0.25, 0.3) is 0 Å². The molecule has 8 nitrogen and oxygen atoms in total. The average molecular weight is 307 g/mol. The number of aromatic nitrogens is 3. The first-order valence-corrected chi connectivity index (χ1v) is 8.31. The van der Waals surface area contributed by atoms with Crippen LogP contribution in [0.15, 0.2) is 9.95 Å². The number of nitrogens with zero attached hydrogens (tertiary/aromatic N) is 2. The summed E-state index contributed by atoms with van der Waals surface area (Å²) in [6.45, 7) is 0.0274. The van der Waals surface area contributed by atoms with Crippen LogP contribution < -0.4 is 5.69 Å². The Balaban J connectivity index is 2.18. The number of nitrogens with one attached hydrogen (secondary N) is 1. The molecule has 10 heteroatoms. The minimum absolute atomic E-state index is 0.0274. The van der Waals surface area contributed by atoms with Crippen LogP contribution in [-0.2, 0) is 21.2 Å². The number of H-pyrrole nitrogens is 1. The van der Waals surface area contributed by atoms with Crippen molar-refractivity contribution in [1.82, 2.24) is 14.8 Å². The number of carbonyl (C=O) groups is 1. The Kier molecular flexibility index (Phi) is 3.99. The van der Waals surface area contributed by atoms with Crippen LogP contribution in [0.4, 0.5) is 0 Å². The van der Waals surface area contributed by atoms with E-state index in [4.69, 9.17) is 5.11 Å². The molecule has 0 radical (unpaired) electrons. The Morgan fingerprint density at radius 2 is 2.32 bits per heavy atom. The molecule has 1 aromatic heterocycles. The van der Waals surface area contributed by atoms with Crippen LogP contribution in [0.1, 0.15) is 12.8 Å². The number of sulfone groups is 1. The van der Waals surface area contributed by atoms with Gasteiger partial charge in [-0.2, -0.15) is 0 Å². The van der Waals surface area contributed by atoms with Gasteiger partial charge in [0.25, 0.3) is 0 Å². The highest BCUT2D eigenvalue weighted by Crippen LogP contribution is 2.22. The van der Waals surface area contributed by atoms with Crippen molar-refractivity contribution in [3.63, 3.8) is 0 Å². The summed E-state index contributed by atoms with van der Waals surface area (Å²) >= 11 is 0.886. The molecular formula is C9H13N3O5S2. The maximum Gasteiger partial charge on any atom is 0.344 e. The molecule has 1 aromatic rings. The summed E-state index contributed by atoms with van der Waals surface area (Å²) in [5.41, 5.74) is -0.519. The Morgan fingerprint density at radius 3 is 2.89 bits per heavy atom. The summed E-state index contributed by atoms with van der Waals surface area (Å²) in [5.74, 6) is -1.12. The molecular weight excluding hydrogens is 294 g/mol. The van der Waals surface area contributed by atoms with E-state index in [9.17, 15) is 18.0 Å². The van der Waals surface area contributed by atoms with E-state index in [1.165, 1.54) is 4.57 Å². The fourth-order valence-corrected chi connectivity index (χ4v) is 4.45. The van der Waals surface area contributed by atoms with Gasteiger partial charge < -0.3 is 5.11 Å². The molecule has 1 unspecified atom stereocenters. The highest BCUT2D eigenvalue weighted by molar-refractivity contribution is 7.99. The summed E-state index contributed by atoms with van der Waals surface area (Å²) in [6.07, 6.45) is 1.11. The van der Waals surface area contributed by atoms with Gasteiger partial charge in [-0.05, 0) is 12.8 Å². The number of aromatic amines is 1. The van der Waals surface area contributed by atoms with Gasteiger partial charge in [-0.1, -0.05) is 11.8 Å². The maximum absolute atomic E-state index is 11.7. The van der Waals surface area contributed by atoms with Crippen molar-refractivity contribution in [1.29, 1.82) is 0 Å². The molecule has 0 bridgehead atoms. The molecule has 0 amide bonds. The average Bonchev–Trinajstić information content (AvgIpc) is 2.82. The number of carboxylic acid groups (broad SMARTS) is 1. The first-order chi connectivity index (χ1) is 8.90. The number of thioether (sulfide) groups is 1. The Bertz CT molecular complexity index is 633. The standard InChI is InChI=1S/C9H13N3O5S2/c13-7(14)5-18-9-11-10-8(15)12(9)4-6-2-1-3-19(6,16)17/h6H,1-5H2,(H,10,15)(H,13,14). The van der Waals surface area contributed by atoms with Crippen molar-refractivity contribution < 1.29 is 18.3 Å². The zero-order chi connectivity index (χ0) is 14.0. The number of hydrogen-bond acceptors (Lipinski definition) is 6. The zero-order valence-electron chi connectivity index (χ0n) is 9.90. The molecule has 0 aliphatic carbocycles. The molecule has 1 aliphatic rings. The Labute approximate surface area is 113 Å². The Hall–Kier alpha value is -1.29. The third-order valence-corrected chi connectivity index (χ3v) is 6.12. The molecule has 19 heavy (non-hydrogen) atoms. The molecule has 2 rings (SSSR count). The van der Waals surface area contributed by atoms with E-state index in [-0.39, 0.29) is 23.2 Å². The second-order valence-electron chi connectivity index (χ2n) is 4.24. The number of carboxylic acids is 1. The van der Waals surface area contributed by atoms with E-state index in [1.54, 1.807) is 0 Å². The van der Waals surface area contributed by atoms with E-state index in [0.29, 0.717) is 12.8 Å². The molecule has 1 atom stereocenters. The van der Waals surface area contributed by atoms with Crippen molar-refractivity contribution in [2.45, 2.75) is 29.8 Å². The second-order valence-corrected chi connectivity index (χ2v) is 7.58. The van der Waals surface area contributed by atoms with Crippen LogP contribution in [-0.4, -0.2) is 51.0 Å². The summed E-state index contributed by atoms with van der Waals surface area (Å²) < 4.78 is 24.7. The number of hydrogen-bond donors (Lipinski definition) is 2. The zero-order valence-corrected chi connectivity index (χ0v) is 11.5. The van der Waals surface area contributed by atoms with Gasteiger partial charge in [0.05, 0.1) is 16.8 Å². The predicted molar refractivity (Wildman–Crippen MR) is 68.0 cm³/mol. The van der Waals surface area contributed by atoms with Crippen molar-refractivity contribution >= 4 is 27.6 Å². The SMILES string of the molecule is O=C(O)CSc1n[nH]c(=O)n1CC1CCCS1(=O)=O. The summed E-state index contributed by atoms with van der Waals surface area (Å²) in [6, 6.07) is 0. The summed E-state index contributed by atoms with van der Waals surface area (Å²) in [4.78, 5) is 22.1. The van der Waals surface area contributed by atoms with Crippen LogP contribution in [0.3, 0.4) is 0 Å². The molecule has 1 aliphatic heterocycles. The minimum Gasteiger partial charge on any atom is -0.481 e. The predicted octanol–water partition coefficient (Wildman–Crippen LogP) is -0.675. The van der Waals surface area contributed by atoms with Crippen LogP contribution in [0.5, 0.6) is 0 Å². The molecule has 0 spiro atoms. The van der Waals surface area contributed by atoms with E-state index in [2.05, 4.69) is 10.2 Å². The van der Waals surface area contributed by atoms with Crippen molar-refractivity contribution in [2.24, 2.45) is 0 Å². The highest BCUT2D eigenvalue weighted by atomic mass is 32.2. The Morgan fingerprint density at radius 1 is 1.58 bits per heavy atom. The van der Waals surface area contributed by atoms with Gasteiger partial charge >= 0.3 is 11.7 Å². The third-order valence-electron chi connectivity index (χ3n) is 2.90. The van der Waals surface area contributed by atoms with E-state index in [1.807, 2.05) is 0 Å². The minimum atomic E-state index is -3.15. The molecule has 0 aromatic carbocycles. The number of rotatable bonds is 5. The van der Waals surface area contributed by atoms with Crippen LogP contribution >= 0.6 is 11.8 Å². The lowest BCUT2D eigenvalue weighted by atomic mass is 10.2. The van der Waals surface area contributed by atoms with E-state index >= 15 is 0 Å². The molecule has 2 heterocycles. The van der Waals surface area contributed by atoms with Gasteiger partial charge in [-0.25, -0.2) is 18.3 Å². The molecule has 0 saturated carbocycles. The van der Waals surface area contributed by atoms with Crippen molar-refractivity contribution in [3.05, 3.63) is 10.5 Å². The lowest BCUT2D eigenvalue weighted by Gasteiger charge is -2.10. The number of aliphatic carboxylic acids is 1. The van der Waals surface area contributed by atoms with E-state index in [0.717, 1.165) is 11.8 Å². The molecule has 2 N–H and O–H groups in total. The lowest BCUT2D eigenvalue weighted by Crippen LogP contribution is -2.28. The van der Waals surface area contributed by atoms with Gasteiger partial charge in [-0.3, -0.25) is 9.36 Å². The van der Waals surface area contributed by atoms with Crippen molar-refractivity contribution in [2.75, 3.05) is 11.5 Å². The highest BCUT2D eigenvalue weighted by Gasteiger charge is 2.32. The van der Waals surface area contributed by atoms with Gasteiger partial charge in [-0.15, -0.1) is 5.10 Å². The van der Waals surface area contributed by atoms with Crippen LogP contribution in [0, 0.1) is 0 Å². The first kappa shape index (κ1) is 14.1. The molecule has 106 valence electrons. The van der Waals surface area contributed by atoms with Gasteiger partial charge in [0.2, 0.25) is 0 Å². The lowest BCUT2D eigenvalue weighted by molar-refractivity contribution is -0.133. The quantitative estimate of drug-likeness (QED) is 0.691. The smallest absolute Gasteiger partial charge is 0.344 e.